The summed E-state index contributed by atoms with van der Waals surface area (Å²) in [5, 5.41) is 2.07. The quantitative estimate of drug-likeness (QED) is 0.745. The van der Waals surface area contributed by atoms with Crippen molar-refractivity contribution in [3.63, 3.8) is 0 Å². The van der Waals surface area contributed by atoms with Gasteiger partial charge in [-0.2, -0.15) is 0 Å². The molecule has 0 saturated carbocycles. The number of rotatable bonds is 3. The Bertz CT molecular complexity index is 776. The van der Waals surface area contributed by atoms with Crippen LogP contribution in [0.15, 0.2) is 42.0 Å². The third-order valence-electron chi connectivity index (χ3n) is 4.19. The van der Waals surface area contributed by atoms with Crippen molar-refractivity contribution in [2.24, 2.45) is 7.05 Å². The van der Waals surface area contributed by atoms with Crippen LogP contribution in [-0.4, -0.2) is 26.0 Å². The lowest BCUT2D eigenvalue weighted by atomic mass is 10.1. The summed E-state index contributed by atoms with van der Waals surface area (Å²) in [6.07, 6.45) is 5.11. The van der Waals surface area contributed by atoms with Crippen LogP contribution in [0, 0.1) is 0 Å². The van der Waals surface area contributed by atoms with Gasteiger partial charge in [-0.25, -0.2) is 9.97 Å². The number of thiophene rings is 1. The topological polar surface area (TPSA) is 34.0 Å². The highest BCUT2D eigenvalue weighted by atomic mass is 32.1. The van der Waals surface area contributed by atoms with Crippen molar-refractivity contribution in [3.8, 4) is 10.7 Å². The average Bonchev–Trinajstić information content (AvgIpc) is 3.19. The second-order valence-electron chi connectivity index (χ2n) is 5.71. The molecule has 0 unspecified atom stereocenters. The molecule has 0 amide bonds. The Labute approximate surface area is 134 Å². The molecule has 0 aliphatic carbocycles. The van der Waals surface area contributed by atoms with Gasteiger partial charge in [0.2, 0.25) is 0 Å². The number of nitrogens with zero attached hydrogens (tertiary/aromatic N) is 4. The zero-order valence-electron chi connectivity index (χ0n) is 12.6. The van der Waals surface area contributed by atoms with Crippen molar-refractivity contribution < 1.29 is 0 Å². The zero-order valence-corrected chi connectivity index (χ0v) is 13.4. The van der Waals surface area contributed by atoms with Crippen LogP contribution in [0.3, 0.4) is 0 Å². The number of hydrogen-bond acceptors (Lipinski definition) is 4. The molecule has 0 saturated heterocycles. The van der Waals surface area contributed by atoms with Crippen molar-refractivity contribution >= 4 is 11.3 Å². The molecular formula is C17H18N4S. The summed E-state index contributed by atoms with van der Waals surface area (Å²) >= 11 is 1.69. The molecule has 22 heavy (non-hydrogen) atoms. The Morgan fingerprint density at radius 2 is 2.23 bits per heavy atom. The summed E-state index contributed by atoms with van der Waals surface area (Å²) in [7, 11) is 2.10. The van der Waals surface area contributed by atoms with Crippen molar-refractivity contribution in [1.82, 2.24) is 19.4 Å². The zero-order chi connectivity index (χ0) is 14.9. The van der Waals surface area contributed by atoms with Gasteiger partial charge in [-0.15, -0.1) is 11.3 Å². The molecule has 0 fully saturated rings. The van der Waals surface area contributed by atoms with Crippen molar-refractivity contribution in [3.05, 3.63) is 59.0 Å². The molecule has 3 aromatic rings. The van der Waals surface area contributed by atoms with Crippen molar-refractivity contribution in [2.75, 3.05) is 6.54 Å². The van der Waals surface area contributed by atoms with Crippen LogP contribution >= 0.6 is 11.3 Å². The summed E-state index contributed by atoms with van der Waals surface area (Å²) in [6.45, 7) is 2.97. The van der Waals surface area contributed by atoms with E-state index in [0.717, 1.165) is 36.8 Å². The van der Waals surface area contributed by atoms with E-state index in [2.05, 4.69) is 51.3 Å². The molecular weight excluding hydrogens is 292 g/mol. The highest BCUT2D eigenvalue weighted by molar-refractivity contribution is 7.13. The molecule has 0 radical (unpaired) electrons. The van der Waals surface area contributed by atoms with Crippen LogP contribution < -0.4 is 0 Å². The summed E-state index contributed by atoms with van der Waals surface area (Å²) in [5.41, 5.74) is 3.82. The third kappa shape index (κ3) is 2.58. The predicted octanol–water partition coefficient (Wildman–Crippen LogP) is 3.10. The van der Waals surface area contributed by atoms with Gasteiger partial charge in [-0.3, -0.25) is 4.90 Å². The van der Waals surface area contributed by atoms with E-state index < -0.39 is 0 Å². The first-order valence-electron chi connectivity index (χ1n) is 7.51. The monoisotopic (exact) mass is 310 g/mol. The van der Waals surface area contributed by atoms with E-state index in [1.165, 1.54) is 17.0 Å². The molecule has 1 aliphatic heterocycles. The van der Waals surface area contributed by atoms with E-state index in [4.69, 9.17) is 4.98 Å². The van der Waals surface area contributed by atoms with E-state index in [1.807, 2.05) is 12.3 Å². The second kappa shape index (κ2) is 5.66. The molecule has 4 rings (SSSR count). The molecule has 0 bridgehead atoms. The summed E-state index contributed by atoms with van der Waals surface area (Å²) in [5.74, 6) is 0.865. The Balaban J connectivity index is 1.53. The minimum Gasteiger partial charge on any atom is -0.353 e. The summed E-state index contributed by atoms with van der Waals surface area (Å²) < 4.78 is 2.19. The van der Waals surface area contributed by atoms with Crippen molar-refractivity contribution in [1.29, 1.82) is 0 Å². The molecule has 0 atom stereocenters. The Kier molecular flexibility index (Phi) is 3.52. The maximum absolute atomic E-state index is 4.77. The molecule has 4 heterocycles. The first-order chi connectivity index (χ1) is 10.8. The molecule has 0 spiro atoms. The minimum atomic E-state index is 0.865. The normalized spacial score (nSPS) is 15.0. The molecule has 3 aromatic heterocycles. The van der Waals surface area contributed by atoms with Crippen LogP contribution in [0.5, 0.6) is 0 Å². The standard InChI is InChI=1S/C17H18N4S/c1-20-7-2-4-14(20)12-21-8-6-15-13(11-21)10-18-17(19-15)16-5-3-9-22-16/h2-5,7,9-10H,6,8,11-12H2,1H3. The van der Waals surface area contributed by atoms with Gasteiger partial charge in [-0.05, 0) is 23.6 Å². The van der Waals surface area contributed by atoms with Gasteiger partial charge < -0.3 is 4.57 Å². The van der Waals surface area contributed by atoms with Gasteiger partial charge >= 0.3 is 0 Å². The Hall–Kier alpha value is -1.98. The smallest absolute Gasteiger partial charge is 0.169 e. The van der Waals surface area contributed by atoms with E-state index in [0.29, 0.717) is 0 Å². The van der Waals surface area contributed by atoms with Crippen LogP contribution in [0.4, 0.5) is 0 Å². The summed E-state index contributed by atoms with van der Waals surface area (Å²) in [6, 6.07) is 8.41. The second-order valence-corrected chi connectivity index (χ2v) is 6.66. The molecule has 4 nitrogen and oxygen atoms in total. The van der Waals surface area contributed by atoms with E-state index >= 15 is 0 Å². The molecule has 112 valence electrons. The lowest BCUT2D eigenvalue weighted by Gasteiger charge is -2.28. The number of fused-ring (bicyclic) bond motifs is 1. The number of aromatic nitrogens is 3. The highest BCUT2D eigenvalue weighted by Crippen LogP contribution is 2.24. The van der Waals surface area contributed by atoms with Gasteiger partial charge in [0.15, 0.2) is 5.82 Å². The van der Waals surface area contributed by atoms with Gasteiger partial charge in [-0.1, -0.05) is 6.07 Å². The van der Waals surface area contributed by atoms with Crippen LogP contribution in [-0.2, 0) is 26.6 Å². The lowest BCUT2D eigenvalue weighted by molar-refractivity contribution is 0.238. The third-order valence-corrected chi connectivity index (χ3v) is 5.06. The fourth-order valence-corrected chi connectivity index (χ4v) is 3.59. The lowest BCUT2D eigenvalue weighted by Crippen LogP contribution is -2.31. The SMILES string of the molecule is Cn1cccc1CN1CCc2nc(-c3cccs3)ncc2C1. The average molecular weight is 310 g/mol. The van der Waals surface area contributed by atoms with Crippen LogP contribution in [0.1, 0.15) is 17.0 Å². The van der Waals surface area contributed by atoms with Crippen LogP contribution in [0.2, 0.25) is 0 Å². The predicted molar refractivity (Wildman–Crippen MR) is 88.6 cm³/mol. The van der Waals surface area contributed by atoms with Gasteiger partial charge in [0.05, 0.1) is 10.6 Å². The molecule has 0 aromatic carbocycles. The first kappa shape index (κ1) is 13.7. The van der Waals surface area contributed by atoms with E-state index in [-0.39, 0.29) is 0 Å². The van der Waals surface area contributed by atoms with Crippen molar-refractivity contribution in [2.45, 2.75) is 19.5 Å². The summed E-state index contributed by atoms with van der Waals surface area (Å²) in [4.78, 5) is 12.9. The fraction of sp³-hybridized carbons (Fsp3) is 0.294. The fourth-order valence-electron chi connectivity index (χ4n) is 2.92. The van der Waals surface area contributed by atoms with E-state index in [1.54, 1.807) is 11.3 Å². The Morgan fingerprint density at radius 3 is 3.00 bits per heavy atom. The molecule has 1 aliphatic rings. The number of aryl methyl sites for hydroxylation is 1. The Morgan fingerprint density at radius 1 is 1.27 bits per heavy atom. The van der Waals surface area contributed by atoms with E-state index in [9.17, 15) is 0 Å². The highest BCUT2D eigenvalue weighted by Gasteiger charge is 2.19. The van der Waals surface area contributed by atoms with Gasteiger partial charge in [0, 0.05) is 56.8 Å². The first-order valence-corrected chi connectivity index (χ1v) is 8.39. The maximum atomic E-state index is 4.77. The maximum Gasteiger partial charge on any atom is 0.169 e. The largest absolute Gasteiger partial charge is 0.353 e. The van der Waals surface area contributed by atoms with Gasteiger partial charge in [0.25, 0.3) is 0 Å². The minimum absolute atomic E-state index is 0.865. The van der Waals surface area contributed by atoms with Gasteiger partial charge in [0.1, 0.15) is 0 Å². The molecule has 0 N–H and O–H groups in total. The number of hydrogen-bond donors (Lipinski definition) is 0. The van der Waals surface area contributed by atoms with Crippen LogP contribution in [0.25, 0.3) is 10.7 Å². The molecule has 5 heteroatoms.